The van der Waals surface area contributed by atoms with Gasteiger partial charge in [0.15, 0.2) is 6.61 Å². The zero-order chi connectivity index (χ0) is 19.5. The number of hydrazine groups is 1. The molecule has 0 radical (unpaired) electrons. The van der Waals surface area contributed by atoms with Crippen LogP contribution in [0.4, 0.5) is 5.69 Å². The monoisotopic (exact) mass is 369 g/mol. The first-order valence-electron chi connectivity index (χ1n) is 8.63. The van der Waals surface area contributed by atoms with E-state index in [0.29, 0.717) is 17.0 Å². The largest absolute Gasteiger partial charge is 0.478 e. The summed E-state index contributed by atoms with van der Waals surface area (Å²) in [4.78, 5) is 25.4. The topological polar surface area (TPSA) is 82.4 Å². The first kappa shape index (κ1) is 17.3. The summed E-state index contributed by atoms with van der Waals surface area (Å²) >= 11 is 0. The minimum atomic E-state index is -0.493. The van der Waals surface area contributed by atoms with Crippen molar-refractivity contribution in [2.24, 2.45) is 0 Å². The van der Waals surface area contributed by atoms with Gasteiger partial charge in [0, 0.05) is 5.56 Å². The van der Waals surface area contributed by atoms with Crippen LogP contribution in [0.3, 0.4) is 0 Å². The van der Waals surface area contributed by atoms with E-state index >= 15 is 0 Å². The molecule has 0 unspecified atom stereocenters. The van der Waals surface area contributed by atoms with Crippen LogP contribution in [0, 0.1) is 11.3 Å². The average Bonchev–Trinajstić information content (AvgIpc) is 3.02. The molecule has 1 heterocycles. The Labute approximate surface area is 161 Å². The summed E-state index contributed by atoms with van der Waals surface area (Å²) in [7, 11) is 0. The number of anilines is 1. The second-order valence-corrected chi connectivity index (χ2v) is 6.12. The van der Waals surface area contributed by atoms with Gasteiger partial charge in [0.25, 0.3) is 11.8 Å². The summed E-state index contributed by atoms with van der Waals surface area (Å²) in [5, 5.41) is 11.8. The van der Waals surface area contributed by atoms with Crippen LogP contribution in [-0.2, 0) is 9.59 Å². The SMILES string of the molecule is N#CCOc1ccc2ccccc2c1/C=C1/C(=O)NN(c2ccccc2)C1=O. The smallest absolute Gasteiger partial charge is 0.282 e. The Kier molecular flexibility index (Phi) is 4.48. The van der Waals surface area contributed by atoms with Crippen molar-refractivity contribution in [3.63, 3.8) is 0 Å². The summed E-state index contributed by atoms with van der Waals surface area (Å²) in [6.07, 6.45) is 1.52. The number of nitriles is 1. The standard InChI is InChI=1S/C22H15N3O3/c23-12-13-28-20-11-10-15-6-4-5-9-17(15)18(20)14-19-21(26)24-25(22(19)27)16-7-2-1-3-8-16/h1-11,14H,13H2,(H,24,26)/b19-14-. The highest BCUT2D eigenvalue weighted by atomic mass is 16.5. The van der Waals surface area contributed by atoms with E-state index in [9.17, 15) is 9.59 Å². The number of hydrogen-bond donors (Lipinski definition) is 1. The van der Waals surface area contributed by atoms with E-state index in [1.165, 1.54) is 11.1 Å². The van der Waals surface area contributed by atoms with Gasteiger partial charge < -0.3 is 4.74 Å². The number of nitrogens with zero attached hydrogens (tertiary/aromatic N) is 2. The van der Waals surface area contributed by atoms with E-state index in [1.54, 1.807) is 30.3 Å². The van der Waals surface area contributed by atoms with Gasteiger partial charge in [-0.3, -0.25) is 15.0 Å². The van der Waals surface area contributed by atoms with Gasteiger partial charge >= 0.3 is 0 Å². The van der Waals surface area contributed by atoms with Gasteiger partial charge in [-0.1, -0.05) is 48.5 Å². The van der Waals surface area contributed by atoms with Crippen molar-refractivity contribution in [2.45, 2.75) is 0 Å². The summed E-state index contributed by atoms with van der Waals surface area (Å²) in [6, 6.07) is 22.0. The van der Waals surface area contributed by atoms with E-state index in [4.69, 9.17) is 10.00 Å². The summed E-state index contributed by atoms with van der Waals surface area (Å²) in [6.45, 7) is -0.134. The fourth-order valence-electron chi connectivity index (χ4n) is 3.12. The maximum Gasteiger partial charge on any atom is 0.282 e. The van der Waals surface area contributed by atoms with Crippen molar-refractivity contribution < 1.29 is 14.3 Å². The third-order valence-corrected chi connectivity index (χ3v) is 4.42. The van der Waals surface area contributed by atoms with Crippen LogP contribution in [0.15, 0.2) is 72.3 Å². The molecule has 0 atom stereocenters. The number of hydrogen-bond acceptors (Lipinski definition) is 4. The number of para-hydroxylation sites is 1. The van der Waals surface area contributed by atoms with E-state index < -0.39 is 11.8 Å². The first-order chi connectivity index (χ1) is 13.7. The van der Waals surface area contributed by atoms with Gasteiger partial charge in [0.2, 0.25) is 0 Å². The maximum atomic E-state index is 12.9. The normalized spacial score (nSPS) is 15.0. The van der Waals surface area contributed by atoms with Crippen LogP contribution in [0.5, 0.6) is 5.75 Å². The summed E-state index contributed by atoms with van der Waals surface area (Å²) < 4.78 is 5.52. The molecule has 28 heavy (non-hydrogen) atoms. The van der Waals surface area contributed by atoms with Crippen molar-refractivity contribution >= 4 is 34.4 Å². The Morgan fingerprint density at radius 1 is 1.00 bits per heavy atom. The van der Waals surface area contributed by atoms with Gasteiger partial charge in [-0.15, -0.1) is 0 Å². The van der Waals surface area contributed by atoms with Gasteiger partial charge in [0.1, 0.15) is 17.4 Å². The molecular weight excluding hydrogens is 354 g/mol. The van der Waals surface area contributed by atoms with Crippen LogP contribution in [-0.4, -0.2) is 18.4 Å². The molecule has 136 valence electrons. The highest BCUT2D eigenvalue weighted by Crippen LogP contribution is 2.31. The maximum absolute atomic E-state index is 12.9. The highest BCUT2D eigenvalue weighted by molar-refractivity contribution is 6.32. The molecule has 0 spiro atoms. The van der Waals surface area contributed by atoms with Crippen molar-refractivity contribution in [1.82, 2.24) is 5.43 Å². The third kappa shape index (κ3) is 3.06. The average molecular weight is 369 g/mol. The van der Waals surface area contributed by atoms with E-state index in [1.807, 2.05) is 42.5 Å². The fourth-order valence-corrected chi connectivity index (χ4v) is 3.12. The Hall–Kier alpha value is -4.11. The van der Waals surface area contributed by atoms with Gasteiger partial charge in [-0.25, -0.2) is 5.01 Å². The van der Waals surface area contributed by atoms with Crippen molar-refractivity contribution in [2.75, 3.05) is 11.6 Å². The molecule has 6 nitrogen and oxygen atoms in total. The highest BCUT2D eigenvalue weighted by Gasteiger charge is 2.34. The number of fused-ring (bicyclic) bond motifs is 1. The number of benzene rings is 3. The summed E-state index contributed by atoms with van der Waals surface area (Å²) in [5.74, 6) is -0.505. The zero-order valence-electron chi connectivity index (χ0n) is 14.8. The predicted molar refractivity (Wildman–Crippen MR) is 105 cm³/mol. The molecule has 6 heteroatoms. The van der Waals surface area contributed by atoms with E-state index in [2.05, 4.69) is 5.43 Å². The second-order valence-electron chi connectivity index (χ2n) is 6.12. The van der Waals surface area contributed by atoms with Crippen LogP contribution in [0.25, 0.3) is 16.8 Å². The number of nitrogens with one attached hydrogen (secondary N) is 1. The molecule has 3 aromatic carbocycles. The Balaban J connectivity index is 1.82. The Morgan fingerprint density at radius 3 is 2.54 bits per heavy atom. The molecule has 2 amide bonds. The predicted octanol–water partition coefficient (Wildman–Crippen LogP) is 3.20. The molecule has 1 aliphatic heterocycles. The van der Waals surface area contributed by atoms with Gasteiger partial charge in [-0.05, 0) is 35.0 Å². The molecule has 1 fully saturated rings. The third-order valence-electron chi connectivity index (χ3n) is 4.42. The molecule has 1 N–H and O–H groups in total. The van der Waals surface area contributed by atoms with Crippen molar-refractivity contribution in [3.8, 4) is 11.8 Å². The Morgan fingerprint density at radius 2 is 1.75 bits per heavy atom. The minimum absolute atomic E-state index is 0.00186. The molecule has 0 bridgehead atoms. The molecule has 0 aliphatic carbocycles. The molecule has 3 aromatic rings. The lowest BCUT2D eigenvalue weighted by atomic mass is 10.0. The first-order valence-corrected chi connectivity index (χ1v) is 8.63. The van der Waals surface area contributed by atoms with E-state index in [-0.39, 0.29) is 12.2 Å². The van der Waals surface area contributed by atoms with Crippen LogP contribution in [0.2, 0.25) is 0 Å². The van der Waals surface area contributed by atoms with Gasteiger partial charge in [-0.2, -0.15) is 5.26 Å². The minimum Gasteiger partial charge on any atom is -0.478 e. The summed E-state index contributed by atoms with van der Waals surface area (Å²) in [5.41, 5.74) is 3.74. The lowest BCUT2D eigenvalue weighted by Crippen LogP contribution is -2.35. The number of carbonyl (C=O) groups is 2. The number of carbonyl (C=O) groups excluding carboxylic acids is 2. The van der Waals surface area contributed by atoms with Crippen LogP contribution in [0.1, 0.15) is 5.56 Å². The number of rotatable bonds is 4. The fraction of sp³-hybridized carbons (Fsp3) is 0.0455. The molecule has 4 rings (SSSR count). The molecule has 0 saturated carbocycles. The van der Waals surface area contributed by atoms with Crippen LogP contribution >= 0.6 is 0 Å². The number of amides is 2. The second kappa shape index (κ2) is 7.25. The van der Waals surface area contributed by atoms with Gasteiger partial charge in [0.05, 0.1) is 5.69 Å². The van der Waals surface area contributed by atoms with Crippen molar-refractivity contribution in [3.05, 3.63) is 77.9 Å². The number of ether oxygens (including phenoxy) is 1. The quantitative estimate of drug-likeness (QED) is 0.565. The lowest BCUT2D eigenvalue weighted by Gasteiger charge is -2.14. The molecule has 0 aromatic heterocycles. The zero-order valence-corrected chi connectivity index (χ0v) is 14.8. The van der Waals surface area contributed by atoms with Crippen LogP contribution < -0.4 is 15.2 Å². The van der Waals surface area contributed by atoms with Crippen molar-refractivity contribution in [1.29, 1.82) is 5.26 Å². The van der Waals surface area contributed by atoms with E-state index in [0.717, 1.165) is 10.8 Å². The Bertz CT molecular complexity index is 1150. The molecule has 1 saturated heterocycles. The molecular formula is C22H15N3O3. The lowest BCUT2D eigenvalue weighted by molar-refractivity contribution is -0.117. The molecule has 1 aliphatic rings.